The van der Waals surface area contributed by atoms with Crippen LogP contribution < -0.4 is 0 Å². The van der Waals surface area contributed by atoms with Crippen LogP contribution in [-0.2, 0) is 5.41 Å². The predicted octanol–water partition coefficient (Wildman–Crippen LogP) is 7.21. The number of aromatic nitrogens is 2. The third-order valence-electron chi connectivity index (χ3n) is 5.50. The number of nitrogens with zero attached hydrogens (tertiary/aromatic N) is 2. The van der Waals surface area contributed by atoms with Gasteiger partial charge in [0.2, 0.25) is 0 Å². The van der Waals surface area contributed by atoms with Gasteiger partial charge in [0.25, 0.3) is 0 Å². The van der Waals surface area contributed by atoms with Crippen LogP contribution in [0.5, 0.6) is 0 Å². The Balaban J connectivity index is 1.72. The molecule has 3 nitrogen and oxygen atoms in total. The average Bonchev–Trinajstić information content (AvgIpc) is 3.19. The fourth-order valence-corrected chi connectivity index (χ4v) is 3.83. The summed E-state index contributed by atoms with van der Waals surface area (Å²) in [4.78, 5) is 4.66. The Morgan fingerprint density at radius 2 is 1.45 bits per heavy atom. The van der Waals surface area contributed by atoms with Crippen molar-refractivity contribution in [2.75, 3.05) is 0 Å². The van der Waals surface area contributed by atoms with E-state index in [2.05, 4.69) is 74.3 Å². The third-order valence-corrected chi connectivity index (χ3v) is 5.83. The molecule has 1 N–H and O–H groups in total. The second kappa shape index (κ2) is 8.33. The van der Waals surface area contributed by atoms with Crippen molar-refractivity contribution in [2.45, 2.75) is 39.2 Å². The molecule has 4 rings (SSSR count). The average molecular weight is 431 g/mol. The Kier molecular flexibility index (Phi) is 5.74. The summed E-state index contributed by atoms with van der Waals surface area (Å²) in [6.45, 7) is 8.38. The molecule has 0 saturated carbocycles. The van der Waals surface area contributed by atoms with E-state index in [0.29, 0.717) is 16.5 Å². The molecular formula is C27H27ClN2O. The van der Waals surface area contributed by atoms with Gasteiger partial charge in [-0.15, -0.1) is 0 Å². The van der Waals surface area contributed by atoms with Crippen LogP contribution in [0.15, 0.2) is 79.0 Å². The first-order chi connectivity index (χ1) is 14.7. The van der Waals surface area contributed by atoms with Crippen molar-refractivity contribution in [2.24, 2.45) is 0 Å². The summed E-state index contributed by atoms with van der Waals surface area (Å²) in [6.07, 6.45) is 1.21. The molecule has 0 aliphatic heterocycles. The van der Waals surface area contributed by atoms with E-state index in [1.54, 1.807) is 6.92 Å². The number of rotatable bonds is 4. The van der Waals surface area contributed by atoms with E-state index in [1.807, 2.05) is 35.0 Å². The molecule has 1 heterocycles. The van der Waals surface area contributed by atoms with Crippen LogP contribution in [0, 0.1) is 0 Å². The van der Waals surface area contributed by atoms with E-state index in [9.17, 15) is 5.11 Å². The lowest BCUT2D eigenvalue weighted by Gasteiger charge is -2.19. The lowest BCUT2D eigenvalue weighted by atomic mass is 9.86. The number of aliphatic hydroxyl groups is 1. The predicted molar refractivity (Wildman–Crippen MR) is 129 cm³/mol. The molecule has 4 aromatic rings. The maximum absolute atomic E-state index is 10.1. The molecular weight excluding hydrogens is 404 g/mol. The second-order valence-corrected chi connectivity index (χ2v) is 9.30. The monoisotopic (exact) mass is 430 g/mol. The molecule has 158 valence electrons. The Bertz CT molecular complexity index is 1180. The highest BCUT2D eigenvalue weighted by Crippen LogP contribution is 2.32. The number of aliphatic hydroxyl groups excluding tert-OH is 1. The highest BCUT2D eigenvalue weighted by Gasteiger charge is 2.17. The van der Waals surface area contributed by atoms with Gasteiger partial charge in [-0.1, -0.05) is 80.9 Å². The maximum Gasteiger partial charge on any atom is 0.146 e. The Labute approximate surface area is 189 Å². The van der Waals surface area contributed by atoms with E-state index in [4.69, 9.17) is 11.6 Å². The lowest BCUT2D eigenvalue weighted by molar-refractivity contribution is 0.195. The molecule has 0 saturated heterocycles. The van der Waals surface area contributed by atoms with E-state index in [1.165, 1.54) is 11.1 Å². The van der Waals surface area contributed by atoms with Gasteiger partial charge in [0.1, 0.15) is 5.82 Å². The number of halogens is 1. The second-order valence-electron chi connectivity index (χ2n) is 8.89. The van der Waals surface area contributed by atoms with Gasteiger partial charge in [-0.3, -0.25) is 4.57 Å². The summed E-state index contributed by atoms with van der Waals surface area (Å²) in [5, 5.41) is 10.7. The minimum Gasteiger partial charge on any atom is -0.387 e. The quantitative estimate of drug-likeness (QED) is 0.371. The van der Waals surface area contributed by atoms with Crippen molar-refractivity contribution >= 4 is 11.6 Å². The zero-order valence-corrected chi connectivity index (χ0v) is 19.1. The molecule has 4 heteroatoms. The molecule has 0 amide bonds. The van der Waals surface area contributed by atoms with Crippen molar-refractivity contribution in [1.29, 1.82) is 0 Å². The van der Waals surface area contributed by atoms with Crippen LogP contribution in [0.3, 0.4) is 0 Å². The summed E-state index contributed by atoms with van der Waals surface area (Å²) in [5.41, 5.74) is 6.20. The SMILES string of the molecule is CC(O)c1cn(-c2ccc(-c3ccc(C(C)(C)C)cc3)cc2)c(-c2ccccc2Cl)n1. The molecule has 1 aromatic heterocycles. The molecule has 0 radical (unpaired) electrons. The Morgan fingerprint density at radius 1 is 0.871 bits per heavy atom. The summed E-state index contributed by atoms with van der Waals surface area (Å²) < 4.78 is 1.98. The number of hydrogen-bond acceptors (Lipinski definition) is 2. The summed E-state index contributed by atoms with van der Waals surface area (Å²) >= 11 is 6.44. The number of imidazole rings is 1. The zero-order chi connectivity index (χ0) is 22.2. The molecule has 0 spiro atoms. The van der Waals surface area contributed by atoms with Gasteiger partial charge >= 0.3 is 0 Å². The van der Waals surface area contributed by atoms with Crippen molar-refractivity contribution in [3.8, 4) is 28.2 Å². The first kappa shape index (κ1) is 21.4. The van der Waals surface area contributed by atoms with Gasteiger partial charge in [-0.2, -0.15) is 0 Å². The summed E-state index contributed by atoms with van der Waals surface area (Å²) in [6, 6.07) is 24.7. The first-order valence-corrected chi connectivity index (χ1v) is 10.9. The fraction of sp³-hybridized carbons (Fsp3) is 0.222. The van der Waals surface area contributed by atoms with Crippen molar-refractivity contribution in [1.82, 2.24) is 9.55 Å². The molecule has 0 fully saturated rings. The fourth-order valence-electron chi connectivity index (χ4n) is 3.61. The summed E-state index contributed by atoms with van der Waals surface area (Å²) in [7, 11) is 0. The van der Waals surface area contributed by atoms with Gasteiger partial charge in [0.05, 0.1) is 16.8 Å². The maximum atomic E-state index is 10.1. The number of hydrogen-bond donors (Lipinski definition) is 1. The smallest absolute Gasteiger partial charge is 0.146 e. The normalized spacial score (nSPS) is 12.7. The Hall–Kier alpha value is -2.88. The molecule has 0 aliphatic rings. The molecule has 1 unspecified atom stereocenters. The van der Waals surface area contributed by atoms with Crippen molar-refractivity contribution in [3.63, 3.8) is 0 Å². The topological polar surface area (TPSA) is 38.0 Å². The Morgan fingerprint density at radius 3 is 2.00 bits per heavy atom. The molecule has 31 heavy (non-hydrogen) atoms. The minimum absolute atomic E-state index is 0.139. The van der Waals surface area contributed by atoms with Crippen LogP contribution >= 0.6 is 11.6 Å². The van der Waals surface area contributed by atoms with Gasteiger partial charge in [0, 0.05) is 17.4 Å². The van der Waals surface area contributed by atoms with Crippen molar-refractivity contribution in [3.05, 3.63) is 95.3 Å². The van der Waals surface area contributed by atoms with Gasteiger partial charge in [0.15, 0.2) is 0 Å². The van der Waals surface area contributed by atoms with Crippen LogP contribution in [0.4, 0.5) is 0 Å². The van der Waals surface area contributed by atoms with E-state index >= 15 is 0 Å². The molecule has 0 aliphatic carbocycles. The summed E-state index contributed by atoms with van der Waals surface area (Å²) in [5.74, 6) is 0.712. The highest BCUT2D eigenvalue weighted by molar-refractivity contribution is 6.33. The highest BCUT2D eigenvalue weighted by atomic mass is 35.5. The van der Waals surface area contributed by atoms with Gasteiger partial charge in [-0.05, 0) is 53.3 Å². The largest absolute Gasteiger partial charge is 0.387 e. The van der Waals surface area contributed by atoms with Crippen LogP contribution in [0.2, 0.25) is 5.02 Å². The lowest BCUT2D eigenvalue weighted by Crippen LogP contribution is -2.10. The number of benzene rings is 3. The molecule has 3 aromatic carbocycles. The minimum atomic E-state index is -0.664. The van der Waals surface area contributed by atoms with Crippen LogP contribution in [-0.4, -0.2) is 14.7 Å². The van der Waals surface area contributed by atoms with Crippen molar-refractivity contribution < 1.29 is 5.11 Å². The van der Waals surface area contributed by atoms with E-state index in [-0.39, 0.29) is 5.41 Å². The standard InChI is InChI=1S/C27H27ClN2O/c1-18(31)25-17-30(26(29-25)23-7-5-6-8-24(23)28)22-15-11-20(12-16-22)19-9-13-21(14-10-19)27(2,3)4/h5-18,31H,1-4H3. The van der Waals surface area contributed by atoms with E-state index < -0.39 is 6.10 Å². The van der Waals surface area contributed by atoms with Gasteiger partial charge in [-0.25, -0.2) is 4.98 Å². The zero-order valence-electron chi connectivity index (χ0n) is 18.3. The van der Waals surface area contributed by atoms with Crippen LogP contribution in [0.1, 0.15) is 45.1 Å². The third kappa shape index (κ3) is 4.43. The van der Waals surface area contributed by atoms with E-state index in [0.717, 1.165) is 16.8 Å². The molecule has 1 atom stereocenters. The van der Waals surface area contributed by atoms with Crippen LogP contribution in [0.25, 0.3) is 28.2 Å². The van der Waals surface area contributed by atoms with Gasteiger partial charge < -0.3 is 5.11 Å². The molecule has 0 bridgehead atoms. The first-order valence-electron chi connectivity index (χ1n) is 10.5.